The predicted molar refractivity (Wildman–Crippen MR) is 78.6 cm³/mol. The normalized spacial score (nSPS) is 14.2. The zero-order valence-corrected chi connectivity index (χ0v) is 12.4. The Kier molecular flexibility index (Phi) is 6.09. The highest BCUT2D eigenvalue weighted by molar-refractivity contribution is 5.49. The summed E-state index contributed by atoms with van der Waals surface area (Å²) in [6.07, 6.45) is 3.43. The number of rotatable bonds is 8. The lowest BCUT2D eigenvalue weighted by atomic mass is 9.94. The minimum absolute atomic E-state index is 0.455. The van der Waals surface area contributed by atoms with Gasteiger partial charge in [-0.3, -0.25) is 0 Å². The summed E-state index contributed by atoms with van der Waals surface area (Å²) in [5.74, 6) is 1.89. The van der Waals surface area contributed by atoms with E-state index in [9.17, 15) is 5.11 Å². The van der Waals surface area contributed by atoms with Crippen molar-refractivity contribution in [3.63, 3.8) is 0 Å². The second-order valence-electron chi connectivity index (χ2n) is 5.65. The minimum atomic E-state index is -0.742. The van der Waals surface area contributed by atoms with Gasteiger partial charge in [0.15, 0.2) is 11.6 Å². The van der Waals surface area contributed by atoms with Gasteiger partial charge in [-0.1, -0.05) is 20.8 Å². The molecule has 0 saturated heterocycles. The Morgan fingerprint density at radius 3 is 2.84 bits per heavy atom. The largest absolute Gasteiger partial charge is 0.490 e. The lowest BCUT2D eigenvalue weighted by molar-refractivity contribution is 0.0514. The van der Waals surface area contributed by atoms with Crippen LogP contribution in [0.15, 0.2) is 18.3 Å². The molecular weight excluding hydrogens is 240 g/mol. The first-order valence-corrected chi connectivity index (χ1v) is 6.98. The highest BCUT2D eigenvalue weighted by Gasteiger charge is 2.22. The molecule has 19 heavy (non-hydrogen) atoms. The third kappa shape index (κ3) is 5.92. The summed E-state index contributed by atoms with van der Waals surface area (Å²) < 4.78 is 5.63. The molecule has 0 saturated carbocycles. The maximum atomic E-state index is 10.3. The van der Waals surface area contributed by atoms with Crippen LogP contribution in [0.1, 0.15) is 40.5 Å². The van der Waals surface area contributed by atoms with Crippen molar-refractivity contribution < 1.29 is 9.84 Å². The van der Waals surface area contributed by atoms with E-state index in [1.54, 1.807) is 6.20 Å². The molecule has 0 fully saturated rings. The van der Waals surface area contributed by atoms with E-state index in [2.05, 4.69) is 31.1 Å². The molecule has 0 aromatic carbocycles. The summed E-state index contributed by atoms with van der Waals surface area (Å²) in [6.45, 7) is 9.25. The maximum absolute atomic E-state index is 10.3. The van der Waals surface area contributed by atoms with E-state index in [-0.39, 0.29) is 0 Å². The highest BCUT2D eigenvalue weighted by atomic mass is 16.5. The zero-order chi connectivity index (χ0) is 14.3. The fourth-order valence-corrected chi connectivity index (χ4v) is 2.08. The summed E-state index contributed by atoms with van der Waals surface area (Å²) >= 11 is 0. The monoisotopic (exact) mass is 266 g/mol. The summed E-state index contributed by atoms with van der Waals surface area (Å²) in [4.78, 5) is 4.27. The van der Waals surface area contributed by atoms with Crippen molar-refractivity contribution in [2.24, 2.45) is 5.92 Å². The number of aromatic nitrogens is 1. The Morgan fingerprint density at radius 1 is 1.47 bits per heavy atom. The van der Waals surface area contributed by atoms with Gasteiger partial charge in [0.25, 0.3) is 0 Å². The van der Waals surface area contributed by atoms with Gasteiger partial charge in [0.1, 0.15) is 0 Å². The zero-order valence-electron chi connectivity index (χ0n) is 12.4. The van der Waals surface area contributed by atoms with Crippen molar-refractivity contribution >= 4 is 5.82 Å². The summed E-state index contributed by atoms with van der Waals surface area (Å²) in [5.41, 5.74) is -0.742. The van der Waals surface area contributed by atoms with Gasteiger partial charge in [-0.25, -0.2) is 4.98 Å². The van der Waals surface area contributed by atoms with Gasteiger partial charge in [-0.05, 0) is 37.8 Å². The Hall–Kier alpha value is -1.29. The second kappa shape index (κ2) is 7.34. The van der Waals surface area contributed by atoms with E-state index < -0.39 is 5.60 Å². The number of nitrogens with zero attached hydrogens (tertiary/aromatic N) is 1. The summed E-state index contributed by atoms with van der Waals surface area (Å²) in [5, 5.41) is 13.5. The molecule has 4 nitrogen and oxygen atoms in total. The Bertz CT molecular complexity index is 378. The third-order valence-electron chi connectivity index (χ3n) is 2.72. The lowest BCUT2D eigenvalue weighted by Crippen LogP contribution is -2.35. The Morgan fingerprint density at radius 2 is 2.21 bits per heavy atom. The van der Waals surface area contributed by atoms with Crippen LogP contribution >= 0.6 is 0 Å². The lowest BCUT2D eigenvalue weighted by Gasteiger charge is -2.26. The van der Waals surface area contributed by atoms with Crippen LogP contribution in [0.2, 0.25) is 0 Å². The number of hydrogen-bond acceptors (Lipinski definition) is 4. The van der Waals surface area contributed by atoms with E-state index in [1.807, 2.05) is 19.1 Å². The molecule has 1 rings (SSSR count). The number of ether oxygens (including phenoxy) is 1. The molecule has 1 aromatic rings. The number of hydrogen-bond donors (Lipinski definition) is 2. The molecule has 0 amide bonds. The molecule has 108 valence electrons. The number of nitrogens with one attached hydrogen (secondary N) is 1. The van der Waals surface area contributed by atoms with Crippen LogP contribution in [0, 0.1) is 5.92 Å². The van der Waals surface area contributed by atoms with E-state index >= 15 is 0 Å². The fraction of sp³-hybridized carbons (Fsp3) is 0.667. The molecule has 0 spiro atoms. The average Bonchev–Trinajstić information content (AvgIpc) is 2.33. The molecule has 1 aromatic heterocycles. The minimum Gasteiger partial charge on any atom is -0.490 e. The van der Waals surface area contributed by atoms with Gasteiger partial charge in [0.2, 0.25) is 0 Å². The molecular formula is C15H26N2O2. The van der Waals surface area contributed by atoms with Crippen molar-refractivity contribution in [2.45, 2.75) is 46.1 Å². The quantitative estimate of drug-likeness (QED) is 0.759. The summed E-state index contributed by atoms with van der Waals surface area (Å²) in [7, 11) is 0. The van der Waals surface area contributed by atoms with Gasteiger partial charge in [-0.2, -0.15) is 0 Å². The number of aliphatic hydroxyl groups is 1. The van der Waals surface area contributed by atoms with Crippen LogP contribution in [0.25, 0.3) is 0 Å². The molecule has 0 aliphatic carbocycles. The number of pyridine rings is 1. The predicted octanol–water partition coefficient (Wildman–Crippen LogP) is 3.08. The molecule has 1 atom stereocenters. The maximum Gasteiger partial charge on any atom is 0.168 e. The van der Waals surface area contributed by atoms with Gasteiger partial charge < -0.3 is 15.2 Å². The van der Waals surface area contributed by atoms with Gasteiger partial charge >= 0.3 is 0 Å². The first-order valence-electron chi connectivity index (χ1n) is 6.98. The molecule has 0 aliphatic rings. The van der Waals surface area contributed by atoms with Crippen molar-refractivity contribution in [1.29, 1.82) is 0 Å². The van der Waals surface area contributed by atoms with E-state index in [0.717, 1.165) is 18.6 Å². The molecule has 2 N–H and O–H groups in total. The van der Waals surface area contributed by atoms with Gasteiger partial charge in [-0.15, -0.1) is 0 Å². The van der Waals surface area contributed by atoms with Crippen molar-refractivity contribution in [2.75, 3.05) is 18.5 Å². The second-order valence-corrected chi connectivity index (χ2v) is 5.65. The van der Waals surface area contributed by atoms with Crippen LogP contribution < -0.4 is 10.1 Å². The topological polar surface area (TPSA) is 54.4 Å². The van der Waals surface area contributed by atoms with Crippen molar-refractivity contribution in [3.8, 4) is 5.75 Å². The van der Waals surface area contributed by atoms with Crippen LogP contribution in [0.4, 0.5) is 5.82 Å². The molecule has 0 aliphatic heterocycles. The molecule has 4 heteroatoms. The molecule has 1 heterocycles. The highest BCUT2D eigenvalue weighted by Crippen LogP contribution is 2.23. The fourth-order valence-electron chi connectivity index (χ4n) is 2.08. The van der Waals surface area contributed by atoms with Crippen LogP contribution in [-0.2, 0) is 0 Å². The number of anilines is 1. The van der Waals surface area contributed by atoms with E-state index in [4.69, 9.17) is 4.74 Å². The SMILES string of the molecule is CCCOc1cccnc1NCC(C)(O)CC(C)C. The smallest absolute Gasteiger partial charge is 0.168 e. The van der Waals surface area contributed by atoms with Gasteiger partial charge in [0, 0.05) is 12.7 Å². The first kappa shape index (κ1) is 15.8. The first-order chi connectivity index (χ1) is 8.94. The van der Waals surface area contributed by atoms with Crippen LogP contribution in [0.5, 0.6) is 5.75 Å². The van der Waals surface area contributed by atoms with Crippen molar-refractivity contribution in [1.82, 2.24) is 4.98 Å². The summed E-state index contributed by atoms with van der Waals surface area (Å²) in [6, 6.07) is 3.74. The average molecular weight is 266 g/mol. The molecule has 0 radical (unpaired) electrons. The van der Waals surface area contributed by atoms with Crippen LogP contribution in [0.3, 0.4) is 0 Å². The van der Waals surface area contributed by atoms with E-state index in [0.29, 0.717) is 24.9 Å². The standard InChI is InChI=1S/C15H26N2O2/c1-5-9-19-13-7-6-8-16-14(13)17-11-15(4,18)10-12(2)3/h6-8,12,18H,5,9-11H2,1-4H3,(H,16,17). The van der Waals surface area contributed by atoms with Crippen molar-refractivity contribution in [3.05, 3.63) is 18.3 Å². The molecule has 0 bridgehead atoms. The Balaban J connectivity index is 2.61. The van der Waals surface area contributed by atoms with Crippen LogP contribution in [-0.4, -0.2) is 28.8 Å². The Labute approximate surface area is 116 Å². The third-order valence-corrected chi connectivity index (χ3v) is 2.72. The molecule has 1 unspecified atom stereocenters. The van der Waals surface area contributed by atoms with E-state index in [1.165, 1.54) is 0 Å². The van der Waals surface area contributed by atoms with Gasteiger partial charge in [0.05, 0.1) is 12.2 Å².